The summed E-state index contributed by atoms with van der Waals surface area (Å²) in [6, 6.07) is 27.7. The normalized spacial score (nSPS) is 12.4. The van der Waals surface area contributed by atoms with Crippen molar-refractivity contribution in [3.05, 3.63) is 125 Å². The zero-order valence-corrected chi connectivity index (χ0v) is 17.8. The first-order valence-electron chi connectivity index (χ1n) is 10.0. The molecule has 0 aromatic heterocycles. The van der Waals surface area contributed by atoms with E-state index in [1.54, 1.807) is 0 Å². The topological polar surface area (TPSA) is 3.24 Å². The van der Waals surface area contributed by atoms with Crippen LogP contribution in [-0.4, -0.2) is 0 Å². The van der Waals surface area contributed by atoms with Crippen LogP contribution in [0.1, 0.15) is 30.5 Å². The highest BCUT2D eigenvalue weighted by atomic mass is 15.1. The predicted octanol–water partition coefficient (Wildman–Crippen LogP) is 8.01. The van der Waals surface area contributed by atoms with Gasteiger partial charge in [0, 0.05) is 17.1 Å². The van der Waals surface area contributed by atoms with E-state index in [-0.39, 0.29) is 0 Å². The molecule has 0 amide bonds. The summed E-state index contributed by atoms with van der Waals surface area (Å²) >= 11 is 0. The molecule has 0 bridgehead atoms. The van der Waals surface area contributed by atoms with Gasteiger partial charge in [-0.25, -0.2) is 0 Å². The minimum absolute atomic E-state index is 1.17. The van der Waals surface area contributed by atoms with Crippen molar-refractivity contribution in [2.45, 2.75) is 27.7 Å². The maximum absolute atomic E-state index is 2.30. The first kappa shape index (κ1) is 20.4. The van der Waals surface area contributed by atoms with Crippen LogP contribution in [0.2, 0.25) is 0 Å². The first-order chi connectivity index (χ1) is 14.0. The second-order valence-electron chi connectivity index (χ2n) is 7.47. The highest BCUT2D eigenvalue weighted by molar-refractivity contribution is 5.68. The van der Waals surface area contributed by atoms with Crippen LogP contribution in [0.25, 0.3) is 6.08 Å². The third-order valence-corrected chi connectivity index (χ3v) is 4.86. The molecule has 0 spiro atoms. The van der Waals surface area contributed by atoms with E-state index >= 15 is 0 Å². The summed E-state index contributed by atoms with van der Waals surface area (Å²) < 4.78 is 0. The van der Waals surface area contributed by atoms with E-state index in [1.807, 2.05) is 6.07 Å². The second kappa shape index (κ2) is 9.75. The van der Waals surface area contributed by atoms with Gasteiger partial charge in [-0.15, -0.1) is 0 Å². The molecule has 0 aliphatic rings. The van der Waals surface area contributed by atoms with Crippen LogP contribution in [-0.2, 0) is 0 Å². The molecule has 1 heteroatoms. The molecule has 0 saturated carbocycles. The Bertz CT molecular complexity index is 959. The van der Waals surface area contributed by atoms with Crippen molar-refractivity contribution < 1.29 is 0 Å². The summed E-state index contributed by atoms with van der Waals surface area (Å²) in [6.45, 7) is 8.53. The van der Waals surface area contributed by atoms with Gasteiger partial charge in [-0.3, -0.25) is 0 Å². The molecule has 0 saturated heterocycles. The van der Waals surface area contributed by atoms with Gasteiger partial charge in [0.25, 0.3) is 0 Å². The van der Waals surface area contributed by atoms with Crippen molar-refractivity contribution in [1.82, 2.24) is 0 Å². The molecule has 0 radical (unpaired) electrons. The maximum Gasteiger partial charge on any atom is 0.0458 e. The lowest BCUT2D eigenvalue weighted by atomic mass is 10.1. The van der Waals surface area contributed by atoms with Crippen LogP contribution in [0.5, 0.6) is 0 Å². The van der Waals surface area contributed by atoms with Gasteiger partial charge < -0.3 is 4.90 Å². The van der Waals surface area contributed by atoms with Gasteiger partial charge in [0.2, 0.25) is 0 Å². The molecule has 3 aromatic carbocycles. The Morgan fingerprint density at radius 1 is 0.655 bits per heavy atom. The molecule has 0 fully saturated rings. The zero-order chi connectivity index (χ0) is 20.6. The van der Waals surface area contributed by atoms with Gasteiger partial charge in [-0.1, -0.05) is 89.5 Å². The van der Waals surface area contributed by atoms with Crippen molar-refractivity contribution >= 4 is 17.5 Å². The predicted molar refractivity (Wildman–Crippen MR) is 127 cm³/mol. The Morgan fingerprint density at radius 2 is 1.17 bits per heavy atom. The van der Waals surface area contributed by atoms with E-state index < -0.39 is 0 Å². The molecule has 1 nitrogen and oxygen atoms in total. The largest absolute Gasteiger partial charge is 0.315 e. The van der Waals surface area contributed by atoms with Crippen molar-refractivity contribution in [2.24, 2.45) is 0 Å². The fraction of sp³-hybridized carbons (Fsp3) is 0.143. The summed E-state index contributed by atoms with van der Waals surface area (Å²) in [5, 5.41) is 0. The Kier molecular flexibility index (Phi) is 6.86. The molecular weight excluding hydrogens is 350 g/mol. The van der Waals surface area contributed by atoms with E-state index in [2.05, 4.69) is 130 Å². The molecule has 0 unspecified atom stereocenters. The van der Waals surface area contributed by atoms with Crippen molar-refractivity contribution in [3.63, 3.8) is 0 Å². The lowest BCUT2D eigenvalue weighted by molar-refractivity contribution is 1.15. The minimum atomic E-state index is 1.17. The minimum Gasteiger partial charge on any atom is -0.315 e. The average molecular weight is 380 g/mol. The van der Waals surface area contributed by atoms with Gasteiger partial charge in [-0.2, -0.15) is 0 Å². The average Bonchev–Trinajstić information content (AvgIpc) is 2.74. The molecule has 0 aliphatic heterocycles. The maximum atomic E-state index is 2.30. The molecule has 29 heavy (non-hydrogen) atoms. The van der Waals surface area contributed by atoms with Gasteiger partial charge in [0.05, 0.1) is 0 Å². The molecule has 0 N–H and O–H groups in total. The number of benzene rings is 3. The quantitative estimate of drug-likeness (QED) is 0.392. The van der Waals surface area contributed by atoms with Gasteiger partial charge in [0.15, 0.2) is 0 Å². The Balaban J connectivity index is 1.89. The van der Waals surface area contributed by atoms with E-state index in [0.29, 0.717) is 0 Å². The highest BCUT2D eigenvalue weighted by Gasteiger charge is 2.10. The fourth-order valence-electron chi connectivity index (χ4n) is 3.12. The molecule has 0 atom stereocenters. The standard InChI is InChI=1S/C28H29N/c1-22(11-17-26-8-6-5-7-9-26)10-16-25(4)29(27-18-12-23(2)13-19-27)28-20-14-24(3)15-21-28/h5-21H,1-4H3/b17-11?,22-10+,25-16+. The summed E-state index contributed by atoms with van der Waals surface area (Å²) in [7, 11) is 0. The highest BCUT2D eigenvalue weighted by Crippen LogP contribution is 2.30. The van der Waals surface area contributed by atoms with Crippen molar-refractivity contribution in [3.8, 4) is 0 Å². The Morgan fingerprint density at radius 3 is 1.69 bits per heavy atom. The lowest BCUT2D eigenvalue weighted by Gasteiger charge is -2.26. The number of anilines is 2. The number of hydrogen-bond donors (Lipinski definition) is 0. The summed E-state index contributed by atoms with van der Waals surface area (Å²) in [5.74, 6) is 0. The van der Waals surface area contributed by atoms with Crippen LogP contribution in [0.4, 0.5) is 11.4 Å². The molecule has 0 aliphatic carbocycles. The smallest absolute Gasteiger partial charge is 0.0458 e. The fourth-order valence-corrected chi connectivity index (χ4v) is 3.12. The summed E-state index contributed by atoms with van der Waals surface area (Å²) in [6.07, 6.45) is 8.66. The molecular formula is C28H29N. The van der Waals surface area contributed by atoms with Gasteiger partial charge in [0.1, 0.15) is 0 Å². The van der Waals surface area contributed by atoms with Crippen LogP contribution >= 0.6 is 0 Å². The monoisotopic (exact) mass is 379 g/mol. The van der Waals surface area contributed by atoms with E-state index in [9.17, 15) is 0 Å². The SMILES string of the molecule is C/C(C=Cc1ccccc1)=C\C=C(/C)N(c1ccc(C)cc1)c1ccc(C)cc1. The zero-order valence-electron chi connectivity index (χ0n) is 17.8. The number of allylic oxidation sites excluding steroid dienone is 5. The third-order valence-electron chi connectivity index (χ3n) is 4.86. The number of hydrogen-bond acceptors (Lipinski definition) is 1. The Labute approximate surface area is 175 Å². The molecule has 3 aromatic rings. The van der Waals surface area contributed by atoms with E-state index in [0.717, 1.165) is 0 Å². The Hall–Kier alpha value is -3.32. The van der Waals surface area contributed by atoms with Gasteiger partial charge in [-0.05, 0) is 63.6 Å². The summed E-state index contributed by atoms with van der Waals surface area (Å²) in [4.78, 5) is 2.30. The number of aryl methyl sites for hydroxylation is 2. The van der Waals surface area contributed by atoms with E-state index in [4.69, 9.17) is 0 Å². The molecule has 146 valence electrons. The van der Waals surface area contributed by atoms with Crippen LogP contribution in [0, 0.1) is 13.8 Å². The van der Waals surface area contributed by atoms with E-state index in [1.165, 1.54) is 39.3 Å². The first-order valence-corrected chi connectivity index (χ1v) is 10.0. The molecule has 0 heterocycles. The van der Waals surface area contributed by atoms with Crippen LogP contribution < -0.4 is 4.90 Å². The lowest BCUT2D eigenvalue weighted by Crippen LogP contribution is -2.14. The molecule has 3 rings (SSSR count). The second-order valence-corrected chi connectivity index (χ2v) is 7.47. The third kappa shape index (κ3) is 5.83. The van der Waals surface area contributed by atoms with Gasteiger partial charge >= 0.3 is 0 Å². The summed E-state index contributed by atoms with van der Waals surface area (Å²) in [5.41, 5.74) is 8.45. The van der Waals surface area contributed by atoms with Crippen LogP contribution in [0.15, 0.2) is 108 Å². The number of nitrogens with zero attached hydrogens (tertiary/aromatic N) is 1. The van der Waals surface area contributed by atoms with Crippen molar-refractivity contribution in [2.75, 3.05) is 4.90 Å². The number of rotatable bonds is 6. The van der Waals surface area contributed by atoms with Crippen LogP contribution in [0.3, 0.4) is 0 Å². The van der Waals surface area contributed by atoms with Crippen molar-refractivity contribution in [1.29, 1.82) is 0 Å².